The predicted octanol–water partition coefficient (Wildman–Crippen LogP) is 2.65. The van der Waals surface area contributed by atoms with Crippen molar-refractivity contribution in [2.75, 3.05) is 0 Å². The highest BCUT2D eigenvalue weighted by Crippen LogP contribution is 2.14. The van der Waals surface area contributed by atoms with E-state index < -0.39 is 0 Å². The molecule has 0 heterocycles. The van der Waals surface area contributed by atoms with Gasteiger partial charge >= 0.3 is 0 Å². The van der Waals surface area contributed by atoms with Crippen LogP contribution in [0.2, 0.25) is 0 Å². The van der Waals surface area contributed by atoms with E-state index >= 15 is 0 Å². The number of hydrogen-bond acceptors (Lipinski definition) is 2. The van der Waals surface area contributed by atoms with Crippen LogP contribution in [0.5, 0.6) is 0 Å². The maximum absolute atomic E-state index is 10.3. The van der Waals surface area contributed by atoms with Gasteiger partial charge in [-0.05, 0) is 42.9 Å². The highest BCUT2D eigenvalue weighted by atomic mass is 16.1. The summed E-state index contributed by atoms with van der Waals surface area (Å²) in [6, 6.07) is 6.32. The van der Waals surface area contributed by atoms with E-state index in [-0.39, 0.29) is 0 Å². The second-order valence-corrected chi connectivity index (χ2v) is 4.03. The van der Waals surface area contributed by atoms with Gasteiger partial charge in [0, 0.05) is 12.8 Å². The Morgan fingerprint density at radius 3 is 2.50 bits per heavy atom. The second kappa shape index (κ2) is 6.94. The van der Waals surface area contributed by atoms with E-state index in [2.05, 4.69) is 25.1 Å². The van der Waals surface area contributed by atoms with Gasteiger partial charge in [0.25, 0.3) is 0 Å². The number of carbonyl (C=O) groups excluding carboxylic acids is 2. The molecule has 0 aliphatic heterocycles. The van der Waals surface area contributed by atoms with Gasteiger partial charge in [-0.3, -0.25) is 0 Å². The molecule has 0 bridgehead atoms. The standard InChI is InChI=1S/C14H18O2/c1-12-7-8-13(5-4-10-16)11-14(12)6-2-3-9-15/h7-11H,2-6H2,1H3. The van der Waals surface area contributed by atoms with Crippen LogP contribution in [0.15, 0.2) is 18.2 Å². The van der Waals surface area contributed by atoms with E-state index in [1.54, 1.807) is 0 Å². The van der Waals surface area contributed by atoms with Crippen molar-refractivity contribution in [1.82, 2.24) is 0 Å². The number of hydrogen-bond donors (Lipinski definition) is 0. The Morgan fingerprint density at radius 2 is 1.81 bits per heavy atom. The number of unbranched alkanes of at least 4 members (excludes halogenated alkanes) is 1. The van der Waals surface area contributed by atoms with Crippen LogP contribution in [0.1, 0.15) is 36.0 Å². The number of benzene rings is 1. The highest BCUT2D eigenvalue weighted by molar-refractivity contribution is 5.50. The summed E-state index contributed by atoms with van der Waals surface area (Å²) < 4.78 is 0. The van der Waals surface area contributed by atoms with Gasteiger partial charge in [-0.15, -0.1) is 0 Å². The summed E-state index contributed by atoms with van der Waals surface area (Å²) in [5, 5.41) is 0. The third-order valence-corrected chi connectivity index (χ3v) is 2.73. The Bertz CT molecular complexity index is 356. The van der Waals surface area contributed by atoms with Crippen LogP contribution in [0.4, 0.5) is 0 Å². The normalized spacial score (nSPS) is 10.1. The van der Waals surface area contributed by atoms with Crippen molar-refractivity contribution in [2.24, 2.45) is 0 Å². The summed E-state index contributed by atoms with van der Waals surface area (Å²) >= 11 is 0. The average molecular weight is 218 g/mol. The number of rotatable bonds is 7. The number of aryl methyl sites for hydroxylation is 3. The topological polar surface area (TPSA) is 34.1 Å². The van der Waals surface area contributed by atoms with Crippen molar-refractivity contribution in [3.63, 3.8) is 0 Å². The molecular formula is C14H18O2. The zero-order chi connectivity index (χ0) is 11.8. The number of aldehydes is 2. The molecule has 0 aliphatic rings. The van der Waals surface area contributed by atoms with E-state index in [0.717, 1.165) is 31.8 Å². The maximum Gasteiger partial charge on any atom is 0.120 e. The largest absolute Gasteiger partial charge is 0.303 e. The lowest BCUT2D eigenvalue weighted by molar-refractivity contribution is -0.108. The second-order valence-electron chi connectivity index (χ2n) is 4.03. The first-order valence-electron chi connectivity index (χ1n) is 5.73. The van der Waals surface area contributed by atoms with E-state index in [1.807, 2.05) is 0 Å². The third-order valence-electron chi connectivity index (χ3n) is 2.73. The summed E-state index contributed by atoms with van der Waals surface area (Å²) in [6.45, 7) is 2.08. The van der Waals surface area contributed by atoms with Crippen molar-refractivity contribution in [3.8, 4) is 0 Å². The Balaban J connectivity index is 2.65. The molecule has 0 N–H and O–H groups in total. The maximum atomic E-state index is 10.3. The van der Waals surface area contributed by atoms with Gasteiger partial charge in [0.15, 0.2) is 0 Å². The molecule has 0 atom stereocenters. The zero-order valence-electron chi connectivity index (χ0n) is 9.74. The fourth-order valence-corrected chi connectivity index (χ4v) is 1.75. The molecule has 0 unspecified atom stereocenters. The van der Waals surface area contributed by atoms with Gasteiger partial charge in [0.1, 0.15) is 12.6 Å². The van der Waals surface area contributed by atoms with Crippen LogP contribution in [-0.4, -0.2) is 12.6 Å². The molecule has 0 radical (unpaired) electrons. The Labute approximate surface area is 96.7 Å². The quantitative estimate of drug-likeness (QED) is 0.521. The first-order valence-corrected chi connectivity index (χ1v) is 5.73. The van der Waals surface area contributed by atoms with Crippen molar-refractivity contribution in [1.29, 1.82) is 0 Å². The van der Waals surface area contributed by atoms with Gasteiger partial charge < -0.3 is 9.59 Å². The predicted molar refractivity (Wildman–Crippen MR) is 64.6 cm³/mol. The lowest BCUT2D eigenvalue weighted by atomic mass is 9.98. The van der Waals surface area contributed by atoms with E-state index in [0.29, 0.717) is 12.8 Å². The molecule has 0 amide bonds. The molecular weight excluding hydrogens is 200 g/mol. The van der Waals surface area contributed by atoms with E-state index in [4.69, 9.17) is 0 Å². The monoisotopic (exact) mass is 218 g/mol. The van der Waals surface area contributed by atoms with Crippen LogP contribution in [0.3, 0.4) is 0 Å². The lowest BCUT2D eigenvalue weighted by Gasteiger charge is -2.07. The number of carbonyl (C=O) groups is 2. The van der Waals surface area contributed by atoms with Crippen LogP contribution in [-0.2, 0) is 22.4 Å². The summed E-state index contributed by atoms with van der Waals surface area (Å²) in [7, 11) is 0. The van der Waals surface area contributed by atoms with Gasteiger partial charge in [-0.25, -0.2) is 0 Å². The summed E-state index contributed by atoms with van der Waals surface area (Å²) in [5.74, 6) is 0. The Hall–Kier alpha value is -1.44. The molecule has 0 saturated carbocycles. The molecule has 1 aromatic carbocycles. The minimum atomic E-state index is 0.580. The molecule has 2 nitrogen and oxygen atoms in total. The van der Waals surface area contributed by atoms with Crippen molar-refractivity contribution in [2.45, 2.75) is 39.0 Å². The molecule has 1 aromatic rings. The smallest absolute Gasteiger partial charge is 0.120 e. The Morgan fingerprint density at radius 1 is 1.06 bits per heavy atom. The van der Waals surface area contributed by atoms with Crippen LogP contribution >= 0.6 is 0 Å². The molecule has 0 spiro atoms. The molecule has 86 valence electrons. The van der Waals surface area contributed by atoms with Gasteiger partial charge in [-0.2, -0.15) is 0 Å². The molecule has 0 aliphatic carbocycles. The molecule has 0 saturated heterocycles. The summed E-state index contributed by atoms with van der Waals surface area (Å²) in [4.78, 5) is 20.6. The van der Waals surface area contributed by atoms with Gasteiger partial charge in [0.2, 0.25) is 0 Å². The zero-order valence-corrected chi connectivity index (χ0v) is 9.74. The third kappa shape index (κ3) is 3.97. The molecule has 16 heavy (non-hydrogen) atoms. The van der Waals surface area contributed by atoms with E-state index in [1.165, 1.54) is 16.7 Å². The molecule has 0 fully saturated rings. The van der Waals surface area contributed by atoms with Crippen molar-refractivity contribution >= 4 is 12.6 Å². The van der Waals surface area contributed by atoms with E-state index in [9.17, 15) is 9.59 Å². The van der Waals surface area contributed by atoms with Crippen molar-refractivity contribution < 1.29 is 9.59 Å². The summed E-state index contributed by atoms with van der Waals surface area (Å²) in [5.41, 5.74) is 3.77. The fraction of sp³-hybridized carbons (Fsp3) is 0.429. The first-order chi connectivity index (χ1) is 7.77. The lowest BCUT2D eigenvalue weighted by Crippen LogP contribution is -1.94. The van der Waals surface area contributed by atoms with Crippen LogP contribution in [0, 0.1) is 6.92 Å². The molecule has 1 rings (SSSR count). The average Bonchev–Trinajstić information content (AvgIpc) is 2.30. The Kier molecular flexibility index (Phi) is 5.48. The molecule has 2 heteroatoms. The highest BCUT2D eigenvalue weighted by Gasteiger charge is 2.00. The minimum absolute atomic E-state index is 0.580. The van der Waals surface area contributed by atoms with Gasteiger partial charge in [0.05, 0.1) is 0 Å². The van der Waals surface area contributed by atoms with Crippen molar-refractivity contribution in [3.05, 3.63) is 34.9 Å². The SMILES string of the molecule is Cc1ccc(CCC=O)cc1CCCC=O. The molecule has 0 aromatic heterocycles. The minimum Gasteiger partial charge on any atom is -0.303 e. The fourth-order valence-electron chi connectivity index (χ4n) is 1.75. The van der Waals surface area contributed by atoms with Gasteiger partial charge in [-0.1, -0.05) is 18.2 Å². The summed E-state index contributed by atoms with van der Waals surface area (Å²) in [6.07, 6.45) is 5.78. The first kappa shape index (κ1) is 12.6. The van der Waals surface area contributed by atoms with Crippen LogP contribution in [0.25, 0.3) is 0 Å². The van der Waals surface area contributed by atoms with Crippen LogP contribution < -0.4 is 0 Å².